The molecule has 0 saturated heterocycles. The van der Waals surface area contributed by atoms with Gasteiger partial charge in [0, 0.05) is 5.75 Å². The fourth-order valence-electron chi connectivity index (χ4n) is 2.43. The molecule has 0 bridgehead atoms. The van der Waals surface area contributed by atoms with Gasteiger partial charge in [-0.15, -0.1) is 0 Å². The Labute approximate surface area is 120 Å². The Morgan fingerprint density at radius 1 is 1.50 bits per heavy atom. The lowest BCUT2D eigenvalue weighted by atomic mass is 10.2. The third-order valence-electron chi connectivity index (χ3n) is 3.27. The standard InChI is InChI=1S/C14H14N2O3S/c1-2-19-12(17)7-9-8-20-14-15-13(18)10-5-3-4-6-11(10)16(9)14/h3-6,9H,2,7-8H2,1H3. The SMILES string of the molecule is CCOC(=O)CC1CSc2nc(=O)c3ccccc3n21. The third kappa shape index (κ3) is 2.20. The van der Waals surface area contributed by atoms with Gasteiger partial charge in [0.1, 0.15) is 0 Å². The molecular formula is C14H14N2O3S. The summed E-state index contributed by atoms with van der Waals surface area (Å²) in [6.45, 7) is 2.18. The number of carbonyl (C=O) groups excluding carboxylic acids is 1. The fraction of sp³-hybridized carbons (Fsp3) is 0.357. The van der Waals surface area contributed by atoms with Crippen LogP contribution in [-0.2, 0) is 9.53 Å². The number of hydrogen-bond donors (Lipinski definition) is 0. The molecule has 0 fully saturated rings. The van der Waals surface area contributed by atoms with Crippen LogP contribution < -0.4 is 5.56 Å². The van der Waals surface area contributed by atoms with E-state index in [-0.39, 0.29) is 17.6 Å². The van der Waals surface area contributed by atoms with Crippen LogP contribution in [0.1, 0.15) is 19.4 Å². The lowest BCUT2D eigenvalue weighted by Gasteiger charge is -2.15. The Balaban J connectivity index is 2.06. The average Bonchev–Trinajstić information content (AvgIpc) is 2.82. The molecule has 0 saturated carbocycles. The van der Waals surface area contributed by atoms with Gasteiger partial charge in [0.05, 0.1) is 30.0 Å². The molecule has 0 spiro atoms. The molecule has 1 unspecified atom stereocenters. The van der Waals surface area contributed by atoms with Crippen molar-refractivity contribution in [1.29, 1.82) is 0 Å². The summed E-state index contributed by atoms with van der Waals surface area (Å²) in [4.78, 5) is 27.7. The highest BCUT2D eigenvalue weighted by molar-refractivity contribution is 7.99. The Hall–Kier alpha value is -1.82. The van der Waals surface area contributed by atoms with Crippen molar-refractivity contribution in [3.63, 3.8) is 0 Å². The third-order valence-corrected chi connectivity index (χ3v) is 4.37. The van der Waals surface area contributed by atoms with Crippen molar-refractivity contribution in [2.75, 3.05) is 12.4 Å². The normalized spacial score (nSPS) is 17.1. The van der Waals surface area contributed by atoms with Gasteiger partial charge >= 0.3 is 5.97 Å². The zero-order valence-electron chi connectivity index (χ0n) is 11.0. The molecule has 0 amide bonds. The van der Waals surface area contributed by atoms with Gasteiger partial charge in [0.2, 0.25) is 0 Å². The van der Waals surface area contributed by atoms with Crippen LogP contribution in [0.5, 0.6) is 0 Å². The van der Waals surface area contributed by atoms with E-state index < -0.39 is 0 Å². The van der Waals surface area contributed by atoms with Gasteiger partial charge < -0.3 is 9.30 Å². The van der Waals surface area contributed by atoms with E-state index in [1.165, 1.54) is 11.8 Å². The molecule has 1 aliphatic heterocycles. The van der Waals surface area contributed by atoms with E-state index in [1.54, 1.807) is 13.0 Å². The van der Waals surface area contributed by atoms with E-state index in [0.717, 1.165) is 11.3 Å². The largest absolute Gasteiger partial charge is 0.466 e. The van der Waals surface area contributed by atoms with E-state index in [9.17, 15) is 9.59 Å². The summed E-state index contributed by atoms with van der Waals surface area (Å²) in [5.74, 6) is 0.521. The van der Waals surface area contributed by atoms with Gasteiger partial charge in [-0.2, -0.15) is 4.98 Å². The average molecular weight is 290 g/mol. The maximum atomic E-state index is 11.9. The maximum absolute atomic E-state index is 11.9. The van der Waals surface area contributed by atoms with Crippen LogP contribution in [0.15, 0.2) is 34.2 Å². The van der Waals surface area contributed by atoms with E-state index in [4.69, 9.17) is 4.74 Å². The van der Waals surface area contributed by atoms with Gasteiger partial charge in [-0.3, -0.25) is 9.59 Å². The van der Waals surface area contributed by atoms with Crippen molar-refractivity contribution in [3.8, 4) is 0 Å². The predicted octanol–water partition coefficient (Wildman–Crippen LogP) is 2.00. The monoisotopic (exact) mass is 290 g/mol. The highest BCUT2D eigenvalue weighted by Crippen LogP contribution is 2.35. The smallest absolute Gasteiger partial charge is 0.307 e. The summed E-state index contributed by atoms with van der Waals surface area (Å²) in [6, 6.07) is 7.36. The van der Waals surface area contributed by atoms with Crippen LogP contribution in [0.4, 0.5) is 0 Å². The van der Waals surface area contributed by atoms with Crippen molar-refractivity contribution in [3.05, 3.63) is 34.6 Å². The number of carbonyl (C=O) groups is 1. The lowest BCUT2D eigenvalue weighted by molar-refractivity contribution is -0.143. The first-order valence-corrected chi connectivity index (χ1v) is 7.49. The molecule has 2 aromatic rings. The Bertz CT molecular complexity index is 726. The molecule has 104 valence electrons. The molecule has 5 nitrogen and oxygen atoms in total. The number of benzene rings is 1. The maximum Gasteiger partial charge on any atom is 0.307 e. The molecule has 1 aromatic heterocycles. The highest BCUT2D eigenvalue weighted by Gasteiger charge is 2.28. The van der Waals surface area contributed by atoms with Gasteiger partial charge in [-0.25, -0.2) is 0 Å². The van der Waals surface area contributed by atoms with Gasteiger partial charge in [0.25, 0.3) is 5.56 Å². The van der Waals surface area contributed by atoms with Gasteiger partial charge in [-0.05, 0) is 19.1 Å². The number of esters is 1. The first-order valence-electron chi connectivity index (χ1n) is 6.50. The highest BCUT2D eigenvalue weighted by atomic mass is 32.2. The van der Waals surface area contributed by atoms with Crippen molar-refractivity contribution >= 4 is 28.6 Å². The van der Waals surface area contributed by atoms with E-state index >= 15 is 0 Å². The van der Waals surface area contributed by atoms with Crippen molar-refractivity contribution in [2.45, 2.75) is 24.5 Å². The Morgan fingerprint density at radius 2 is 2.30 bits per heavy atom. The first-order chi connectivity index (χ1) is 9.70. The number of nitrogens with zero attached hydrogens (tertiary/aromatic N) is 2. The minimum absolute atomic E-state index is 0.00736. The second-order valence-electron chi connectivity index (χ2n) is 4.56. The van der Waals surface area contributed by atoms with Gasteiger partial charge in [-0.1, -0.05) is 23.9 Å². The summed E-state index contributed by atoms with van der Waals surface area (Å²) in [6.07, 6.45) is 0.308. The van der Waals surface area contributed by atoms with E-state index in [2.05, 4.69) is 4.98 Å². The van der Waals surface area contributed by atoms with Crippen LogP contribution >= 0.6 is 11.8 Å². The molecule has 0 N–H and O–H groups in total. The summed E-state index contributed by atoms with van der Waals surface area (Å²) < 4.78 is 7.00. The van der Waals surface area contributed by atoms with Crippen LogP contribution in [0.2, 0.25) is 0 Å². The van der Waals surface area contributed by atoms with Crippen LogP contribution in [0.3, 0.4) is 0 Å². The zero-order chi connectivity index (χ0) is 14.1. The van der Waals surface area contributed by atoms with Crippen molar-refractivity contribution in [2.24, 2.45) is 0 Å². The summed E-state index contributed by atoms with van der Waals surface area (Å²) in [7, 11) is 0. The lowest BCUT2D eigenvalue weighted by Crippen LogP contribution is -2.19. The van der Waals surface area contributed by atoms with Crippen molar-refractivity contribution < 1.29 is 9.53 Å². The van der Waals surface area contributed by atoms with Crippen LogP contribution in [0, 0.1) is 0 Å². The quantitative estimate of drug-likeness (QED) is 0.639. The first kappa shape index (κ1) is 13.2. The van der Waals surface area contributed by atoms with E-state index in [0.29, 0.717) is 23.6 Å². The molecule has 2 heterocycles. The molecule has 6 heteroatoms. The van der Waals surface area contributed by atoms with Gasteiger partial charge in [0.15, 0.2) is 5.16 Å². The summed E-state index contributed by atoms with van der Waals surface area (Å²) >= 11 is 1.51. The Kier molecular flexibility index (Phi) is 3.48. The van der Waals surface area contributed by atoms with Crippen LogP contribution in [-0.4, -0.2) is 27.9 Å². The number of ether oxygens (including phenoxy) is 1. The molecule has 0 aliphatic carbocycles. The molecule has 1 aromatic carbocycles. The number of hydrogen-bond acceptors (Lipinski definition) is 5. The Morgan fingerprint density at radius 3 is 3.10 bits per heavy atom. The van der Waals surface area contributed by atoms with E-state index in [1.807, 2.05) is 22.8 Å². The molecular weight excluding hydrogens is 276 g/mol. The second-order valence-corrected chi connectivity index (χ2v) is 5.55. The topological polar surface area (TPSA) is 61.2 Å². The summed E-state index contributed by atoms with van der Waals surface area (Å²) in [5.41, 5.74) is 0.623. The molecule has 20 heavy (non-hydrogen) atoms. The van der Waals surface area contributed by atoms with Crippen molar-refractivity contribution in [1.82, 2.24) is 9.55 Å². The van der Waals surface area contributed by atoms with Crippen LogP contribution in [0.25, 0.3) is 10.9 Å². The summed E-state index contributed by atoms with van der Waals surface area (Å²) in [5, 5.41) is 1.27. The number of rotatable bonds is 3. The number of thioether (sulfide) groups is 1. The minimum atomic E-state index is -0.214. The molecule has 1 atom stereocenters. The molecule has 3 rings (SSSR count). The second kappa shape index (κ2) is 5.28. The number of fused-ring (bicyclic) bond motifs is 3. The fourth-order valence-corrected chi connectivity index (χ4v) is 3.57. The zero-order valence-corrected chi connectivity index (χ0v) is 11.9. The molecule has 1 aliphatic rings. The predicted molar refractivity (Wildman–Crippen MR) is 77.0 cm³/mol. The number of aromatic nitrogens is 2. The number of para-hydroxylation sites is 1. The molecule has 0 radical (unpaired) electrons. The minimum Gasteiger partial charge on any atom is -0.466 e.